The molecular weight excluding hydrogens is 488 g/mol. The summed E-state index contributed by atoms with van der Waals surface area (Å²) in [5.74, 6) is 0.413. The number of nitro benzene ring substituents is 1. The number of hydrogen-bond acceptors (Lipinski definition) is 7. The number of nitro groups is 1. The zero-order valence-electron chi connectivity index (χ0n) is 20.6. The minimum absolute atomic E-state index is 0.0435. The van der Waals surface area contributed by atoms with Crippen molar-refractivity contribution in [1.29, 1.82) is 0 Å². The van der Waals surface area contributed by atoms with Gasteiger partial charge in [0, 0.05) is 24.7 Å². The molecule has 0 aliphatic carbocycles. The summed E-state index contributed by atoms with van der Waals surface area (Å²) in [6, 6.07) is 20.1. The highest BCUT2D eigenvalue weighted by Gasteiger charge is 2.27. The molecule has 1 aromatic heterocycles. The lowest BCUT2D eigenvalue weighted by molar-refractivity contribution is -0.384. The van der Waals surface area contributed by atoms with Crippen molar-refractivity contribution in [3.63, 3.8) is 0 Å². The Balaban J connectivity index is 1.53. The van der Waals surface area contributed by atoms with Gasteiger partial charge >= 0.3 is 0 Å². The summed E-state index contributed by atoms with van der Waals surface area (Å²) < 4.78 is 6.52. The summed E-state index contributed by atoms with van der Waals surface area (Å²) in [4.78, 5) is 33.9. The fourth-order valence-electron chi connectivity index (χ4n) is 4.62. The van der Waals surface area contributed by atoms with E-state index in [-0.39, 0.29) is 17.2 Å². The molecule has 0 unspecified atom stereocenters. The highest BCUT2D eigenvalue weighted by Crippen LogP contribution is 2.35. The van der Waals surface area contributed by atoms with Crippen LogP contribution in [0.2, 0.25) is 0 Å². The molecule has 1 fully saturated rings. The molecular formula is C28H28N4O4S. The van der Waals surface area contributed by atoms with Crippen LogP contribution in [-0.2, 0) is 6.54 Å². The molecule has 0 saturated carbocycles. The Kier molecular flexibility index (Phi) is 7.32. The molecule has 5 rings (SSSR count). The standard InChI is InChI=1S/C28H28N4O4S/c1-2-36-22-12-13-23-26(18-22)37-28(29-23)31(19-20-9-5-3-6-10-20)27(33)21-11-14-24(25(17-21)32(34)35)30-15-7-4-8-16-30/h3,5-6,9-14,17-18H,2,4,7-8,15-16,19H2,1H3. The minimum atomic E-state index is -0.394. The first kappa shape index (κ1) is 24.7. The number of aromatic nitrogens is 1. The highest BCUT2D eigenvalue weighted by molar-refractivity contribution is 7.22. The van der Waals surface area contributed by atoms with E-state index >= 15 is 0 Å². The molecule has 0 atom stereocenters. The molecule has 37 heavy (non-hydrogen) atoms. The van der Waals surface area contributed by atoms with Gasteiger partial charge in [0.1, 0.15) is 11.4 Å². The second-order valence-corrected chi connectivity index (χ2v) is 9.95. The lowest BCUT2D eigenvalue weighted by Crippen LogP contribution is -2.31. The maximum atomic E-state index is 13.9. The molecule has 0 bridgehead atoms. The van der Waals surface area contributed by atoms with Crippen molar-refractivity contribution in [2.75, 3.05) is 29.5 Å². The van der Waals surface area contributed by atoms with Gasteiger partial charge in [-0.05, 0) is 62.1 Å². The van der Waals surface area contributed by atoms with E-state index < -0.39 is 4.92 Å². The molecule has 9 heteroatoms. The van der Waals surface area contributed by atoms with Crippen molar-refractivity contribution < 1.29 is 14.5 Å². The maximum absolute atomic E-state index is 13.9. The number of rotatable bonds is 8. The molecule has 1 aliphatic rings. The van der Waals surface area contributed by atoms with Crippen molar-refractivity contribution in [1.82, 2.24) is 4.98 Å². The Morgan fingerprint density at radius 1 is 1.08 bits per heavy atom. The first-order chi connectivity index (χ1) is 18.0. The van der Waals surface area contributed by atoms with Crippen molar-refractivity contribution in [3.05, 3.63) is 88.0 Å². The first-order valence-corrected chi connectivity index (χ1v) is 13.3. The van der Waals surface area contributed by atoms with Crippen molar-refractivity contribution >= 4 is 44.0 Å². The predicted octanol–water partition coefficient (Wildman–Crippen LogP) is 6.44. The number of carbonyl (C=O) groups excluding carboxylic acids is 1. The van der Waals surface area contributed by atoms with Crippen molar-refractivity contribution in [2.45, 2.75) is 32.7 Å². The molecule has 8 nitrogen and oxygen atoms in total. The fourth-order valence-corrected chi connectivity index (χ4v) is 5.61. The molecule has 3 aromatic carbocycles. The third kappa shape index (κ3) is 5.41. The molecule has 0 spiro atoms. The van der Waals surface area contributed by atoms with Crippen LogP contribution in [0, 0.1) is 10.1 Å². The van der Waals surface area contributed by atoms with Gasteiger partial charge in [0.2, 0.25) is 0 Å². The van der Waals surface area contributed by atoms with Crippen LogP contribution < -0.4 is 14.5 Å². The van der Waals surface area contributed by atoms with Gasteiger partial charge in [-0.15, -0.1) is 0 Å². The third-order valence-corrected chi connectivity index (χ3v) is 7.48. The van der Waals surface area contributed by atoms with E-state index in [0.29, 0.717) is 24.0 Å². The highest BCUT2D eigenvalue weighted by atomic mass is 32.1. The summed E-state index contributed by atoms with van der Waals surface area (Å²) in [6.07, 6.45) is 3.14. The maximum Gasteiger partial charge on any atom is 0.293 e. The number of thiazole rings is 1. The number of benzene rings is 3. The molecule has 1 amide bonds. The molecule has 0 radical (unpaired) electrons. The molecule has 0 N–H and O–H groups in total. The topological polar surface area (TPSA) is 88.8 Å². The number of piperidine rings is 1. The van der Waals surface area contributed by atoms with Gasteiger partial charge in [-0.2, -0.15) is 0 Å². The number of carbonyl (C=O) groups is 1. The van der Waals surface area contributed by atoms with Crippen LogP contribution in [0.5, 0.6) is 5.75 Å². The quantitative estimate of drug-likeness (QED) is 0.198. The fraction of sp³-hybridized carbons (Fsp3) is 0.286. The smallest absolute Gasteiger partial charge is 0.293 e. The number of hydrogen-bond donors (Lipinski definition) is 0. The lowest BCUT2D eigenvalue weighted by atomic mass is 10.1. The average molecular weight is 517 g/mol. The molecule has 2 heterocycles. The van der Waals surface area contributed by atoms with Gasteiger partial charge in [-0.25, -0.2) is 4.98 Å². The van der Waals surface area contributed by atoms with Crippen molar-refractivity contribution in [3.8, 4) is 5.75 Å². The number of nitrogens with zero attached hydrogens (tertiary/aromatic N) is 4. The molecule has 190 valence electrons. The zero-order valence-corrected chi connectivity index (χ0v) is 21.4. The summed E-state index contributed by atoms with van der Waals surface area (Å²) in [5, 5.41) is 12.5. The van der Waals surface area contributed by atoms with Crippen LogP contribution in [0.15, 0.2) is 66.7 Å². The Hall–Kier alpha value is -3.98. The third-order valence-electron chi connectivity index (χ3n) is 6.43. The lowest BCUT2D eigenvalue weighted by Gasteiger charge is -2.28. The van der Waals surface area contributed by atoms with E-state index in [1.54, 1.807) is 17.0 Å². The number of fused-ring (bicyclic) bond motifs is 1. The van der Waals surface area contributed by atoms with E-state index in [4.69, 9.17) is 9.72 Å². The SMILES string of the molecule is CCOc1ccc2nc(N(Cc3ccccc3)C(=O)c3ccc(N4CCCCC4)c([N+](=O)[O-])c3)sc2c1. The molecule has 1 saturated heterocycles. The van der Waals surface area contributed by atoms with E-state index in [2.05, 4.69) is 0 Å². The van der Waals surface area contributed by atoms with Gasteiger partial charge in [-0.3, -0.25) is 19.8 Å². The minimum Gasteiger partial charge on any atom is -0.494 e. The zero-order chi connectivity index (χ0) is 25.8. The van der Waals surface area contributed by atoms with Crippen LogP contribution in [0.3, 0.4) is 0 Å². The normalized spacial score (nSPS) is 13.5. The van der Waals surface area contributed by atoms with Gasteiger partial charge in [0.25, 0.3) is 11.6 Å². The Morgan fingerprint density at radius 2 is 1.86 bits per heavy atom. The van der Waals surface area contributed by atoms with E-state index in [1.165, 1.54) is 17.4 Å². The predicted molar refractivity (Wildman–Crippen MR) is 147 cm³/mol. The summed E-state index contributed by atoms with van der Waals surface area (Å²) >= 11 is 1.40. The molecule has 4 aromatic rings. The first-order valence-electron chi connectivity index (χ1n) is 12.5. The number of amides is 1. The number of anilines is 2. The molecule has 1 aliphatic heterocycles. The van der Waals surface area contributed by atoms with Crippen LogP contribution in [-0.4, -0.2) is 35.5 Å². The van der Waals surface area contributed by atoms with Crippen LogP contribution in [0.25, 0.3) is 10.2 Å². The Bertz CT molecular complexity index is 1420. The van der Waals surface area contributed by atoms with E-state index in [9.17, 15) is 14.9 Å². The van der Waals surface area contributed by atoms with Gasteiger partial charge in [0.15, 0.2) is 5.13 Å². The summed E-state index contributed by atoms with van der Waals surface area (Å²) in [6.45, 7) is 4.34. The van der Waals surface area contributed by atoms with Crippen molar-refractivity contribution in [2.24, 2.45) is 0 Å². The van der Waals surface area contributed by atoms with Gasteiger partial charge in [0.05, 0.1) is 28.3 Å². The Morgan fingerprint density at radius 3 is 2.59 bits per heavy atom. The summed E-state index contributed by atoms with van der Waals surface area (Å²) in [5.41, 5.74) is 2.49. The monoisotopic (exact) mass is 516 g/mol. The Labute approximate surface area is 219 Å². The van der Waals surface area contributed by atoms with Gasteiger partial charge < -0.3 is 9.64 Å². The largest absolute Gasteiger partial charge is 0.494 e. The summed E-state index contributed by atoms with van der Waals surface area (Å²) in [7, 11) is 0. The number of ether oxygens (including phenoxy) is 1. The van der Waals surface area contributed by atoms with E-state index in [1.807, 2.05) is 60.4 Å². The second-order valence-electron chi connectivity index (χ2n) is 8.94. The van der Waals surface area contributed by atoms with Crippen LogP contribution in [0.4, 0.5) is 16.5 Å². The van der Waals surface area contributed by atoms with E-state index in [0.717, 1.165) is 53.9 Å². The average Bonchev–Trinajstić information content (AvgIpc) is 3.35. The van der Waals surface area contributed by atoms with Crippen LogP contribution in [0.1, 0.15) is 42.1 Å². The van der Waals surface area contributed by atoms with Crippen LogP contribution >= 0.6 is 11.3 Å². The van der Waals surface area contributed by atoms with Gasteiger partial charge in [-0.1, -0.05) is 41.7 Å². The second kappa shape index (κ2) is 11.0.